The maximum atomic E-state index is 12.1. The van der Waals surface area contributed by atoms with Gasteiger partial charge in [-0.2, -0.15) is 0 Å². The molecular weight excluding hydrogens is 320 g/mol. The number of carbonyl (C=O) groups is 1. The second-order valence-electron chi connectivity index (χ2n) is 6.71. The summed E-state index contributed by atoms with van der Waals surface area (Å²) in [5, 5.41) is 7.06. The van der Waals surface area contributed by atoms with Crippen LogP contribution in [0.25, 0.3) is 5.65 Å². The summed E-state index contributed by atoms with van der Waals surface area (Å²) in [6.07, 6.45) is 7.09. The number of fused-ring (bicyclic) bond motifs is 1. The molecule has 2 heterocycles. The molecule has 1 saturated carbocycles. The molecule has 1 N–H and O–H groups in total. The minimum absolute atomic E-state index is 0.0933. The van der Waals surface area contributed by atoms with Gasteiger partial charge in [-0.05, 0) is 30.9 Å². The number of aromatic nitrogens is 3. The lowest BCUT2D eigenvalue weighted by Crippen LogP contribution is -2.32. The Morgan fingerprint density at radius 3 is 3.00 bits per heavy atom. The quantitative estimate of drug-likeness (QED) is 0.773. The van der Waals surface area contributed by atoms with Crippen molar-refractivity contribution in [1.29, 1.82) is 0 Å². The Morgan fingerprint density at radius 1 is 1.36 bits per heavy atom. The van der Waals surface area contributed by atoms with Crippen LogP contribution < -0.4 is 11.0 Å². The Bertz CT molecular complexity index is 767. The van der Waals surface area contributed by atoms with E-state index in [0.29, 0.717) is 30.8 Å². The molecule has 1 aliphatic carbocycles. The van der Waals surface area contributed by atoms with Gasteiger partial charge in [-0.3, -0.25) is 9.20 Å². The highest BCUT2D eigenvalue weighted by atomic mass is 16.5. The summed E-state index contributed by atoms with van der Waals surface area (Å²) >= 11 is 0. The van der Waals surface area contributed by atoms with Crippen LogP contribution in [-0.2, 0) is 16.1 Å². The van der Waals surface area contributed by atoms with Crippen LogP contribution in [0.5, 0.6) is 0 Å². The fourth-order valence-electron chi connectivity index (χ4n) is 3.34. The van der Waals surface area contributed by atoms with Gasteiger partial charge in [0.2, 0.25) is 5.91 Å². The molecule has 0 radical (unpaired) electrons. The summed E-state index contributed by atoms with van der Waals surface area (Å²) in [6, 6.07) is 5.37. The number of hydrogen-bond acceptors (Lipinski definition) is 4. The summed E-state index contributed by atoms with van der Waals surface area (Å²) in [5.74, 6) is 0.510. The van der Waals surface area contributed by atoms with E-state index in [1.54, 1.807) is 18.3 Å². The van der Waals surface area contributed by atoms with Gasteiger partial charge in [-0.1, -0.05) is 25.8 Å². The van der Waals surface area contributed by atoms with Gasteiger partial charge in [0, 0.05) is 19.2 Å². The van der Waals surface area contributed by atoms with E-state index >= 15 is 0 Å². The zero-order valence-corrected chi connectivity index (χ0v) is 14.7. The number of aryl methyl sites for hydroxylation is 1. The van der Waals surface area contributed by atoms with Gasteiger partial charge >= 0.3 is 5.69 Å². The topological polar surface area (TPSA) is 77.6 Å². The predicted octanol–water partition coefficient (Wildman–Crippen LogP) is 1.60. The molecule has 0 bridgehead atoms. The molecule has 0 aromatic carbocycles. The Hall–Kier alpha value is -2.15. The smallest absolute Gasteiger partial charge is 0.350 e. The van der Waals surface area contributed by atoms with E-state index in [2.05, 4.69) is 17.3 Å². The highest BCUT2D eigenvalue weighted by Gasteiger charge is 2.21. The third-order valence-corrected chi connectivity index (χ3v) is 4.83. The van der Waals surface area contributed by atoms with Gasteiger partial charge < -0.3 is 10.1 Å². The van der Waals surface area contributed by atoms with Crippen LogP contribution in [0.15, 0.2) is 29.2 Å². The lowest BCUT2D eigenvalue weighted by Gasteiger charge is -2.28. The zero-order chi connectivity index (χ0) is 17.6. The number of nitrogens with zero attached hydrogens (tertiary/aromatic N) is 3. The molecule has 25 heavy (non-hydrogen) atoms. The SMILES string of the molecule is C[C@H]1CCCC[C@H]1OCCNC(=O)CCn1nc2ccccn2c1=O. The minimum Gasteiger partial charge on any atom is -0.376 e. The molecule has 136 valence electrons. The maximum Gasteiger partial charge on any atom is 0.350 e. The Balaban J connectivity index is 1.39. The first-order chi connectivity index (χ1) is 12.1. The Morgan fingerprint density at radius 2 is 2.20 bits per heavy atom. The van der Waals surface area contributed by atoms with E-state index in [9.17, 15) is 9.59 Å². The van der Waals surface area contributed by atoms with Crippen molar-refractivity contribution < 1.29 is 9.53 Å². The molecule has 2 atom stereocenters. The first-order valence-corrected chi connectivity index (χ1v) is 9.07. The lowest BCUT2D eigenvalue weighted by molar-refractivity contribution is -0.121. The van der Waals surface area contributed by atoms with E-state index < -0.39 is 0 Å². The first kappa shape index (κ1) is 17.7. The van der Waals surface area contributed by atoms with Gasteiger partial charge in [0.05, 0.1) is 19.3 Å². The van der Waals surface area contributed by atoms with Gasteiger partial charge in [0.15, 0.2) is 5.65 Å². The highest BCUT2D eigenvalue weighted by Crippen LogP contribution is 2.25. The Kier molecular flexibility index (Phi) is 5.86. The molecule has 1 fully saturated rings. The van der Waals surface area contributed by atoms with E-state index in [0.717, 1.165) is 6.42 Å². The van der Waals surface area contributed by atoms with Crippen molar-refractivity contribution in [2.24, 2.45) is 5.92 Å². The zero-order valence-electron chi connectivity index (χ0n) is 14.7. The van der Waals surface area contributed by atoms with Crippen molar-refractivity contribution in [3.63, 3.8) is 0 Å². The van der Waals surface area contributed by atoms with Crippen LogP contribution in [0.2, 0.25) is 0 Å². The van der Waals surface area contributed by atoms with Gasteiger partial charge in [0.1, 0.15) is 0 Å². The molecule has 1 aliphatic rings. The predicted molar refractivity (Wildman–Crippen MR) is 94.5 cm³/mol. The maximum absolute atomic E-state index is 12.1. The average molecular weight is 346 g/mol. The molecule has 0 spiro atoms. The van der Waals surface area contributed by atoms with Crippen LogP contribution in [0.4, 0.5) is 0 Å². The van der Waals surface area contributed by atoms with Crippen molar-refractivity contribution in [2.75, 3.05) is 13.2 Å². The van der Waals surface area contributed by atoms with Crippen LogP contribution in [0, 0.1) is 5.92 Å². The molecular formula is C18H26N4O3. The highest BCUT2D eigenvalue weighted by molar-refractivity contribution is 5.75. The third-order valence-electron chi connectivity index (χ3n) is 4.83. The molecule has 7 nitrogen and oxygen atoms in total. The van der Waals surface area contributed by atoms with Crippen LogP contribution in [0.1, 0.15) is 39.0 Å². The van der Waals surface area contributed by atoms with Crippen LogP contribution in [-0.4, -0.2) is 39.3 Å². The number of pyridine rings is 1. The van der Waals surface area contributed by atoms with Crippen LogP contribution in [0.3, 0.4) is 0 Å². The van der Waals surface area contributed by atoms with E-state index in [4.69, 9.17) is 4.74 Å². The van der Waals surface area contributed by atoms with Gasteiger partial charge in [-0.25, -0.2) is 9.48 Å². The molecule has 0 saturated heterocycles. The van der Waals surface area contributed by atoms with Crippen molar-refractivity contribution in [1.82, 2.24) is 19.5 Å². The van der Waals surface area contributed by atoms with Crippen molar-refractivity contribution >= 4 is 11.6 Å². The lowest BCUT2D eigenvalue weighted by atomic mass is 9.88. The normalized spacial score (nSPS) is 20.7. The minimum atomic E-state index is -0.224. The second-order valence-corrected chi connectivity index (χ2v) is 6.71. The number of carbonyl (C=O) groups excluding carboxylic acids is 1. The molecule has 7 heteroatoms. The third kappa shape index (κ3) is 4.48. The number of hydrogen-bond donors (Lipinski definition) is 1. The first-order valence-electron chi connectivity index (χ1n) is 9.07. The summed E-state index contributed by atoms with van der Waals surface area (Å²) in [5.41, 5.74) is 0.362. The van der Waals surface area contributed by atoms with Crippen molar-refractivity contribution in [3.8, 4) is 0 Å². The summed E-state index contributed by atoms with van der Waals surface area (Å²) in [6.45, 7) is 3.54. The Labute approximate surface area is 147 Å². The molecule has 1 amide bonds. The number of rotatable bonds is 7. The summed E-state index contributed by atoms with van der Waals surface area (Å²) in [7, 11) is 0. The summed E-state index contributed by atoms with van der Waals surface area (Å²) < 4.78 is 8.68. The second kappa shape index (κ2) is 8.29. The van der Waals surface area contributed by atoms with E-state index in [1.807, 2.05) is 6.07 Å². The van der Waals surface area contributed by atoms with E-state index in [-0.39, 0.29) is 24.6 Å². The molecule has 3 rings (SSSR count). The standard InChI is InChI=1S/C18H26N4O3/c1-14-6-2-3-7-15(14)25-13-10-19-17(23)9-12-22-18(24)21-11-5-4-8-16(21)20-22/h4-5,8,11,14-15H,2-3,6-7,9-10,12-13H2,1H3,(H,19,23)/t14-,15+/m0/s1. The van der Waals surface area contributed by atoms with Crippen molar-refractivity contribution in [2.45, 2.75) is 51.7 Å². The summed E-state index contributed by atoms with van der Waals surface area (Å²) in [4.78, 5) is 24.1. The molecule has 2 aromatic rings. The average Bonchev–Trinajstić information content (AvgIpc) is 2.95. The number of ether oxygens (including phenoxy) is 1. The molecule has 2 aromatic heterocycles. The van der Waals surface area contributed by atoms with Crippen molar-refractivity contribution in [3.05, 3.63) is 34.9 Å². The van der Waals surface area contributed by atoms with Crippen LogP contribution >= 0.6 is 0 Å². The largest absolute Gasteiger partial charge is 0.376 e. The number of amides is 1. The fourth-order valence-corrected chi connectivity index (χ4v) is 3.34. The number of nitrogens with one attached hydrogen (secondary N) is 1. The van der Waals surface area contributed by atoms with E-state index in [1.165, 1.54) is 28.3 Å². The van der Waals surface area contributed by atoms with Gasteiger partial charge in [0.25, 0.3) is 0 Å². The monoisotopic (exact) mass is 346 g/mol. The van der Waals surface area contributed by atoms with Gasteiger partial charge in [-0.15, -0.1) is 5.10 Å². The molecule has 0 aliphatic heterocycles. The molecule has 0 unspecified atom stereocenters. The fraction of sp³-hybridized carbons (Fsp3) is 0.611.